The SMILES string of the molecule is COc1cccc([C@@H]2OC(c3ccc(OCCCO)cc3)=N[C@]2(Cc2ccc(Br)cc2)C(=O)NNCc2ccc(N(C)C)cc2)c1. The van der Waals surface area contributed by atoms with Crippen LogP contribution in [0.15, 0.2) is 107 Å². The molecule has 1 heterocycles. The van der Waals surface area contributed by atoms with E-state index in [0.717, 1.165) is 26.9 Å². The molecule has 1 aliphatic heterocycles. The Balaban J connectivity index is 1.50. The molecule has 1 aliphatic rings. The highest BCUT2D eigenvalue weighted by molar-refractivity contribution is 9.10. The Bertz CT molecular complexity index is 1630. The molecule has 240 valence electrons. The molecule has 0 saturated heterocycles. The van der Waals surface area contributed by atoms with Crippen LogP contribution in [-0.2, 0) is 22.5 Å². The lowest BCUT2D eigenvalue weighted by atomic mass is 9.82. The predicted octanol–water partition coefficient (Wildman–Crippen LogP) is 5.61. The smallest absolute Gasteiger partial charge is 0.266 e. The Kier molecular flexibility index (Phi) is 11.0. The Morgan fingerprint density at radius 2 is 1.70 bits per heavy atom. The third-order valence-electron chi connectivity index (χ3n) is 7.76. The van der Waals surface area contributed by atoms with Crippen LogP contribution in [0.25, 0.3) is 0 Å². The van der Waals surface area contributed by atoms with Gasteiger partial charge in [-0.15, -0.1) is 0 Å². The lowest BCUT2D eigenvalue weighted by Crippen LogP contribution is -2.53. The minimum atomic E-state index is -1.37. The van der Waals surface area contributed by atoms with Crippen LogP contribution in [0.5, 0.6) is 11.5 Å². The number of nitrogens with one attached hydrogen (secondary N) is 2. The number of halogens is 1. The quantitative estimate of drug-likeness (QED) is 0.117. The van der Waals surface area contributed by atoms with Crippen LogP contribution in [0, 0.1) is 0 Å². The number of aliphatic hydroxyl groups is 1. The molecule has 0 unspecified atom stereocenters. The standard InChI is InChI=1S/C36H39BrN4O5/c1-41(2)30-16-10-26(11-17-30)24-38-40-35(43)36(23-25-8-14-29(37)15-9-25)33(28-6-4-7-32(22-28)44-3)46-34(39-36)27-12-18-31(19-13-27)45-21-5-20-42/h4,6-19,22,33,38,42H,5,20-21,23-24H2,1-3H3,(H,40,43)/t33-,36-/m0/s1. The maximum absolute atomic E-state index is 14.4. The first kappa shape index (κ1) is 33.0. The van der Waals surface area contributed by atoms with Gasteiger partial charge in [-0.3, -0.25) is 10.2 Å². The van der Waals surface area contributed by atoms with Crippen molar-refractivity contribution < 1.29 is 24.1 Å². The average Bonchev–Trinajstić information content (AvgIpc) is 3.47. The third kappa shape index (κ3) is 7.88. The number of nitrogens with zero attached hydrogens (tertiary/aromatic N) is 2. The minimum absolute atomic E-state index is 0.0640. The van der Waals surface area contributed by atoms with E-state index in [1.54, 1.807) is 7.11 Å². The maximum Gasteiger partial charge on any atom is 0.266 e. The number of anilines is 1. The zero-order valence-electron chi connectivity index (χ0n) is 26.2. The lowest BCUT2D eigenvalue weighted by molar-refractivity contribution is -0.130. The van der Waals surface area contributed by atoms with Gasteiger partial charge in [0.15, 0.2) is 11.6 Å². The van der Waals surface area contributed by atoms with Gasteiger partial charge < -0.3 is 24.2 Å². The number of benzene rings is 4. The van der Waals surface area contributed by atoms with Gasteiger partial charge in [0.25, 0.3) is 5.91 Å². The molecule has 9 nitrogen and oxygen atoms in total. The number of carbonyl (C=O) groups excluding carboxylic acids is 1. The van der Waals surface area contributed by atoms with Crippen LogP contribution in [0.4, 0.5) is 5.69 Å². The number of hydrazine groups is 1. The molecule has 10 heteroatoms. The molecule has 0 radical (unpaired) electrons. The molecular weight excluding hydrogens is 648 g/mol. The molecular formula is C36H39BrN4O5. The van der Waals surface area contributed by atoms with Gasteiger partial charge >= 0.3 is 0 Å². The lowest BCUT2D eigenvalue weighted by Gasteiger charge is -2.31. The summed E-state index contributed by atoms with van der Waals surface area (Å²) >= 11 is 3.52. The highest BCUT2D eigenvalue weighted by Crippen LogP contribution is 2.43. The van der Waals surface area contributed by atoms with Gasteiger partial charge in [-0.05, 0) is 77.4 Å². The maximum atomic E-state index is 14.4. The van der Waals surface area contributed by atoms with Crippen molar-refractivity contribution >= 4 is 33.4 Å². The average molecular weight is 688 g/mol. The van der Waals surface area contributed by atoms with Gasteiger partial charge in [-0.1, -0.05) is 52.3 Å². The van der Waals surface area contributed by atoms with E-state index in [-0.39, 0.29) is 18.9 Å². The fraction of sp³-hybridized carbons (Fsp3) is 0.278. The number of rotatable bonds is 14. The van der Waals surface area contributed by atoms with Crippen LogP contribution in [0.2, 0.25) is 0 Å². The molecule has 0 bridgehead atoms. The molecule has 0 aromatic heterocycles. The Morgan fingerprint density at radius 1 is 0.978 bits per heavy atom. The summed E-state index contributed by atoms with van der Waals surface area (Å²) in [5.74, 6) is 1.34. The van der Waals surface area contributed by atoms with Crippen LogP contribution in [-0.4, -0.2) is 56.9 Å². The highest BCUT2D eigenvalue weighted by Gasteiger charge is 2.53. The molecule has 4 aromatic carbocycles. The number of ether oxygens (including phenoxy) is 3. The topological polar surface area (TPSA) is 105 Å². The summed E-state index contributed by atoms with van der Waals surface area (Å²) in [6.45, 7) is 0.899. The molecule has 5 rings (SSSR count). The summed E-state index contributed by atoms with van der Waals surface area (Å²) in [6.07, 6.45) is 0.0602. The zero-order valence-corrected chi connectivity index (χ0v) is 27.8. The number of methoxy groups -OCH3 is 1. The van der Waals surface area contributed by atoms with E-state index in [1.807, 2.05) is 116 Å². The van der Waals surface area contributed by atoms with Gasteiger partial charge in [0.1, 0.15) is 11.5 Å². The summed E-state index contributed by atoms with van der Waals surface area (Å²) in [5.41, 5.74) is 9.21. The number of amides is 1. The second-order valence-electron chi connectivity index (χ2n) is 11.2. The number of aliphatic imine (C=N–C) groups is 1. The van der Waals surface area contributed by atoms with E-state index < -0.39 is 11.6 Å². The Hall–Kier alpha value is -4.38. The van der Waals surface area contributed by atoms with E-state index in [1.165, 1.54) is 0 Å². The normalized spacial score (nSPS) is 17.2. The molecule has 0 spiro atoms. The predicted molar refractivity (Wildman–Crippen MR) is 183 cm³/mol. The second-order valence-corrected chi connectivity index (χ2v) is 12.2. The summed E-state index contributed by atoms with van der Waals surface area (Å²) in [4.78, 5) is 21.6. The van der Waals surface area contributed by atoms with Crippen molar-refractivity contribution in [3.05, 3.63) is 124 Å². The Labute approximate surface area is 278 Å². The summed E-state index contributed by atoms with van der Waals surface area (Å²) < 4.78 is 18.8. The summed E-state index contributed by atoms with van der Waals surface area (Å²) in [6, 6.07) is 30.9. The van der Waals surface area contributed by atoms with Gasteiger partial charge in [0.05, 0.1) is 13.7 Å². The van der Waals surface area contributed by atoms with Crippen molar-refractivity contribution in [2.45, 2.75) is 31.0 Å². The largest absolute Gasteiger partial charge is 0.497 e. The van der Waals surface area contributed by atoms with Crippen LogP contribution < -0.4 is 25.2 Å². The van der Waals surface area contributed by atoms with Gasteiger partial charge in [0.2, 0.25) is 5.90 Å². The zero-order chi connectivity index (χ0) is 32.5. The molecule has 2 atom stereocenters. The molecule has 0 aliphatic carbocycles. The monoisotopic (exact) mass is 686 g/mol. The molecule has 46 heavy (non-hydrogen) atoms. The molecule has 3 N–H and O–H groups in total. The number of aliphatic hydroxyl groups excluding tert-OH is 1. The molecule has 4 aromatic rings. The van der Waals surface area contributed by atoms with Crippen molar-refractivity contribution in [3.63, 3.8) is 0 Å². The number of hydrogen-bond donors (Lipinski definition) is 3. The van der Waals surface area contributed by atoms with Crippen molar-refractivity contribution in [1.82, 2.24) is 10.9 Å². The summed E-state index contributed by atoms with van der Waals surface area (Å²) in [5, 5.41) is 9.08. The van der Waals surface area contributed by atoms with E-state index >= 15 is 0 Å². The first-order valence-corrected chi connectivity index (χ1v) is 15.9. The Morgan fingerprint density at radius 3 is 2.37 bits per heavy atom. The van der Waals surface area contributed by atoms with Crippen molar-refractivity contribution in [2.75, 3.05) is 39.3 Å². The first-order valence-electron chi connectivity index (χ1n) is 15.1. The number of carbonyl (C=O) groups is 1. The van der Waals surface area contributed by atoms with Gasteiger partial charge in [-0.25, -0.2) is 10.4 Å². The minimum Gasteiger partial charge on any atom is -0.497 e. The van der Waals surface area contributed by atoms with Crippen LogP contribution in [0.3, 0.4) is 0 Å². The first-order chi connectivity index (χ1) is 22.3. The van der Waals surface area contributed by atoms with Gasteiger partial charge in [-0.2, -0.15) is 0 Å². The fourth-order valence-electron chi connectivity index (χ4n) is 5.25. The van der Waals surface area contributed by atoms with Gasteiger partial charge in [0, 0.05) is 55.8 Å². The van der Waals surface area contributed by atoms with E-state index in [2.05, 4.69) is 26.8 Å². The molecule has 0 saturated carbocycles. The van der Waals surface area contributed by atoms with Crippen molar-refractivity contribution in [3.8, 4) is 11.5 Å². The van der Waals surface area contributed by atoms with Crippen LogP contribution >= 0.6 is 15.9 Å². The molecule has 0 fully saturated rings. The van der Waals surface area contributed by atoms with Crippen LogP contribution in [0.1, 0.15) is 34.8 Å². The van der Waals surface area contributed by atoms with Crippen molar-refractivity contribution in [2.24, 2.45) is 4.99 Å². The highest BCUT2D eigenvalue weighted by atomic mass is 79.9. The third-order valence-corrected chi connectivity index (χ3v) is 8.29. The number of hydrogen-bond acceptors (Lipinski definition) is 8. The second kappa shape index (κ2) is 15.3. The molecule has 1 amide bonds. The van der Waals surface area contributed by atoms with E-state index in [4.69, 9.17) is 24.3 Å². The van der Waals surface area contributed by atoms with E-state index in [0.29, 0.717) is 42.5 Å². The van der Waals surface area contributed by atoms with E-state index in [9.17, 15) is 4.79 Å². The van der Waals surface area contributed by atoms with Crippen molar-refractivity contribution in [1.29, 1.82) is 0 Å². The summed E-state index contributed by atoms with van der Waals surface area (Å²) in [7, 11) is 5.60. The fourth-order valence-corrected chi connectivity index (χ4v) is 5.51.